The number of hydrogen-bond donors (Lipinski definition) is 1. The smallest absolute Gasteiger partial charge is 0.307 e. The highest BCUT2D eigenvalue weighted by Crippen LogP contribution is 2.44. The van der Waals surface area contributed by atoms with Gasteiger partial charge < -0.3 is 19.0 Å². The number of halogens is 1. The summed E-state index contributed by atoms with van der Waals surface area (Å²) in [5.41, 5.74) is 5.96. The lowest BCUT2D eigenvalue weighted by atomic mass is 9.95. The molecule has 7 rings (SSSR count). The second-order valence-corrected chi connectivity index (χ2v) is 10.5. The molecular weight excluding hydrogens is 485 g/mol. The Morgan fingerprint density at radius 3 is 2.66 bits per heavy atom. The van der Waals surface area contributed by atoms with Crippen molar-refractivity contribution in [3.05, 3.63) is 71.0 Å². The van der Waals surface area contributed by atoms with Crippen LogP contribution in [0.15, 0.2) is 52.9 Å². The van der Waals surface area contributed by atoms with E-state index in [1.807, 2.05) is 49.4 Å². The zero-order chi connectivity index (χ0) is 26.0. The number of carboxylic acids is 1. The molecule has 1 saturated heterocycles. The van der Waals surface area contributed by atoms with Gasteiger partial charge in [-0.25, -0.2) is 4.39 Å². The van der Waals surface area contributed by atoms with E-state index in [1.165, 1.54) is 0 Å². The third-order valence-corrected chi connectivity index (χ3v) is 8.37. The fraction of sp³-hybridized carbons (Fsp3) is 0.323. The monoisotopic (exact) mass is 513 g/mol. The third-order valence-electron chi connectivity index (χ3n) is 8.37. The van der Waals surface area contributed by atoms with Crippen LogP contribution < -0.4 is 9.47 Å². The Labute approximate surface area is 219 Å². The van der Waals surface area contributed by atoms with E-state index >= 15 is 4.39 Å². The van der Waals surface area contributed by atoms with Gasteiger partial charge in [-0.1, -0.05) is 24.3 Å². The van der Waals surface area contributed by atoms with Crippen molar-refractivity contribution in [3.8, 4) is 33.9 Å². The van der Waals surface area contributed by atoms with Gasteiger partial charge in [0, 0.05) is 23.5 Å². The fourth-order valence-electron chi connectivity index (χ4n) is 6.40. The third kappa shape index (κ3) is 3.68. The van der Waals surface area contributed by atoms with Crippen LogP contribution in [0, 0.1) is 18.7 Å². The minimum Gasteiger partial charge on any atom is -0.486 e. The molecule has 6 nitrogen and oxygen atoms in total. The lowest BCUT2D eigenvalue weighted by Crippen LogP contribution is -2.26. The molecular formula is C31H28FNO5. The van der Waals surface area contributed by atoms with Crippen LogP contribution in [0.2, 0.25) is 0 Å². The second kappa shape index (κ2) is 8.88. The van der Waals surface area contributed by atoms with Crippen LogP contribution in [-0.2, 0) is 11.2 Å². The maximum absolute atomic E-state index is 15.7. The number of likely N-dealkylation sites (tertiary alicyclic amines) is 1. The molecule has 0 bridgehead atoms. The minimum absolute atomic E-state index is 0.0480. The molecule has 4 aromatic rings. The number of rotatable bonds is 4. The van der Waals surface area contributed by atoms with Gasteiger partial charge >= 0.3 is 5.97 Å². The van der Waals surface area contributed by atoms with Crippen LogP contribution in [0.4, 0.5) is 4.39 Å². The molecule has 1 aromatic heterocycles. The van der Waals surface area contributed by atoms with Crippen LogP contribution in [0.25, 0.3) is 33.4 Å². The molecule has 3 aromatic carbocycles. The highest BCUT2D eigenvalue weighted by atomic mass is 19.1. The van der Waals surface area contributed by atoms with Crippen molar-refractivity contribution in [3.63, 3.8) is 0 Å². The lowest BCUT2D eigenvalue weighted by Gasteiger charge is -2.24. The molecule has 0 saturated carbocycles. The number of fused-ring (bicyclic) bond motifs is 3. The first-order chi connectivity index (χ1) is 18.5. The topological polar surface area (TPSA) is 72.1 Å². The quantitative estimate of drug-likeness (QED) is 0.342. The number of benzene rings is 3. The van der Waals surface area contributed by atoms with Crippen molar-refractivity contribution in [2.75, 3.05) is 26.3 Å². The summed E-state index contributed by atoms with van der Waals surface area (Å²) < 4.78 is 33.4. The molecule has 38 heavy (non-hydrogen) atoms. The summed E-state index contributed by atoms with van der Waals surface area (Å²) in [7, 11) is 0. The average molecular weight is 514 g/mol. The van der Waals surface area contributed by atoms with E-state index in [0.29, 0.717) is 43.9 Å². The first-order valence-corrected chi connectivity index (χ1v) is 13.2. The van der Waals surface area contributed by atoms with Crippen molar-refractivity contribution >= 4 is 16.9 Å². The minimum atomic E-state index is -0.749. The van der Waals surface area contributed by atoms with Crippen molar-refractivity contribution < 1.29 is 28.2 Å². The van der Waals surface area contributed by atoms with Crippen molar-refractivity contribution in [2.24, 2.45) is 5.92 Å². The van der Waals surface area contributed by atoms with Gasteiger partial charge in [-0.3, -0.25) is 9.69 Å². The Kier molecular flexibility index (Phi) is 5.44. The molecule has 3 aliphatic rings. The van der Waals surface area contributed by atoms with E-state index in [9.17, 15) is 9.90 Å². The average Bonchev–Trinajstić information content (AvgIpc) is 3.67. The summed E-state index contributed by atoms with van der Waals surface area (Å²) in [5, 5.41) is 10.2. The molecule has 0 radical (unpaired) electrons. The molecule has 1 fully saturated rings. The van der Waals surface area contributed by atoms with E-state index in [4.69, 9.17) is 13.9 Å². The van der Waals surface area contributed by atoms with Crippen LogP contribution >= 0.6 is 0 Å². The van der Waals surface area contributed by atoms with Crippen LogP contribution in [0.3, 0.4) is 0 Å². The lowest BCUT2D eigenvalue weighted by molar-refractivity contribution is -0.141. The number of aliphatic carboxylic acids is 1. The molecule has 3 heterocycles. The van der Waals surface area contributed by atoms with Crippen molar-refractivity contribution in [1.82, 2.24) is 4.90 Å². The second-order valence-electron chi connectivity index (χ2n) is 10.5. The summed E-state index contributed by atoms with van der Waals surface area (Å²) in [6.07, 6.45) is 2.07. The molecule has 0 amide bonds. The van der Waals surface area contributed by atoms with Crippen LogP contribution in [0.1, 0.15) is 35.6 Å². The van der Waals surface area contributed by atoms with E-state index in [-0.39, 0.29) is 23.4 Å². The summed E-state index contributed by atoms with van der Waals surface area (Å²) in [6, 6.07) is 16.0. The largest absolute Gasteiger partial charge is 0.486 e. The maximum atomic E-state index is 15.7. The van der Waals surface area contributed by atoms with E-state index in [2.05, 4.69) is 11.0 Å². The van der Waals surface area contributed by atoms with Gasteiger partial charge in [-0.15, -0.1) is 0 Å². The fourth-order valence-corrected chi connectivity index (χ4v) is 6.40. The van der Waals surface area contributed by atoms with Crippen molar-refractivity contribution in [1.29, 1.82) is 0 Å². The number of furan rings is 1. The van der Waals surface area contributed by atoms with E-state index in [0.717, 1.165) is 57.7 Å². The van der Waals surface area contributed by atoms with Gasteiger partial charge in [0.2, 0.25) is 0 Å². The number of nitrogens with zero attached hydrogens (tertiary/aromatic N) is 1. The normalized spacial score (nSPS) is 20.7. The van der Waals surface area contributed by atoms with Crippen LogP contribution in [0.5, 0.6) is 11.5 Å². The van der Waals surface area contributed by atoms with Gasteiger partial charge in [0.1, 0.15) is 19.0 Å². The molecule has 2 aliphatic heterocycles. The SMILES string of the molecule is Cc1c(-c2ccc3c(c2)OCCO3)cccc1-c1cc2cc3c(c(F)c2o1)CCC3N1CCC(C(=O)O)C1. The standard InChI is InChI=1S/C31H28FNO5/c1-17-21(18-5-8-26-28(14-18)37-12-11-36-26)3-2-4-22(17)27-15-20-13-24-23(29(32)30(20)38-27)6-7-25(24)33-10-9-19(16-33)31(34)35/h2-5,8,13-15,19,25H,6-7,9-12,16H2,1H3,(H,34,35). The number of carboxylic acid groups (broad SMARTS) is 1. The summed E-state index contributed by atoms with van der Waals surface area (Å²) in [5.74, 6) is 0.726. The summed E-state index contributed by atoms with van der Waals surface area (Å²) in [6.45, 7) is 4.37. The molecule has 1 aliphatic carbocycles. The number of carbonyl (C=O) groups is 1. The Morgan fingerprint density at radius 1 is 1.03 bits per heavy atom. The first-order valence-electron chi connectivity index (χ1n) is 13.2. The maximum Gasteiger partial charge on any atom is 0.307 e. The van der Waals surface area contributed by atoms with Gasteiger partial charge in [-0.05, 0) is 84.8 Å². The molecule has 194 valence electrons. The van der Waals surface area contributed by atoms with E-state index in [1.54, 1.807) is 0 Å². The van der Waals surface area contributed by atoms with Gasteiger partial charge in [0.25, 0.3) is 0 Å². The molecule has 7 heteroatoms. The predicted molar refractivity (Wildman–Crippen MR) is 141 cm³/mol. The molecule has 2 unspecified atom stereocenters. The Hall–Kier alpha value is -3.84. The zero-order valence-corrected chi connectivity index (χ0v) is 21.1. The summed E-state index contributed by atoms with van der Waals surface area (Å²) >= 11 is 0. The number of ether oxygens (including phenoxy) is 2. The highest BCUT2D eigenvalue weighted by Gasteiger charge is 2.37. The van der Waals surface area contributed by atoms with Gasteiger partial charge in [-0.2, -0.15) is 0 Å². The molecule has 1 N–H and O–H groups in total. The predicted octanol–water partition coefficient (Wildman–Crippen LogP) is 6.38. The van der Waals surface area contributed by atoms with E-state index < -0.39 is 5.97 Å². The van der Waals surface area contributed by atoms with Gasteiger partial charge in [0.15, 0.2) is 22.9 Å². The van der Waals surface area contributed by atoms with Gasteiger partial charge in [0.05, 0.1) is 5.92 Å². The Morgan fingerprint density at radius 2 is 1.84 bits per heavy atom. The first kappa shape index (κ1) is 23.3. The highest BCUT2D eigenvalue weighted by molar-refractivity contribution is 5.87. The zero-order valence-electron chi connectivity index (χ0n) is 21.1. The number of hydrogen-bond acceptors (Lipinski definition) is 5. The molecule has 2 atom stereocenters. The Bertz CT molecular complexity index is 1590. The van der Waals surface area contributed by atoms with Crippen LogP contribution in [-0.4, -0.2) is 42.3 Å². The summed E-state index contributed by atoms with van der Waals surface area (Å²) in [4.78, 5) is 13.7. The Balaban J connectivity index is 1.25. The van der Waals surface area contributed by atoms with Crippen molar-refractivity contribution in [2.45, 2.75) is 32.2 Å². The molecule has 0 spiro atoms.